The van der Waals surface area contributed by atoms with E-state index in [0.29, 0.717) is 10.6 Å². The first kappa shape index (κ1) is 15.5. The molecule has 23 heavy (non-hydrogen) atoms. The molecule has 5 nitrogen and oxygen atoms in total. The average molecular weight is 330 g/mol. The maximum atomic E-state index is 12.3. The lowest BCUT2D eigenvalue weighted by Gasteiger charge is -2.18. The van der Waals surface area contributed by atoms with Crippen molar-refractivity contribution >= 4 is 23.4 Å². The van der Waals surface area contributed by atoms with Gasteiger partial charge in [0.1, 0.15) is 6.04 Å². The summed E-state index contributed by atoms with van der Waals surface area (Å²) in [5, 5.41) is 3.33. The van der Waals surface area contributed by atoms with Gasteiger partial charge < -0.3 is 5.32 Å². The third kappa shape index (κ3) is 3.36. The number of amides is 2. The number of rotatable bonds is 3. The fraction of sp³-hybridized carbons (Fsp3) is 0.176. The van der Waals surface area contributed by atoms with Crippen LogP contribution in [0.2, 0.25) is 5.02 Å². The quantitative estimate of drug-likeness (QED) is 0.808. The Morgan fingerprint density at radius 1 is 1.09 bits per heavy atom. The van der Waals surface area contributed by atoms with E-state index in [0.717, 1.165) is 11.1 Å². The van der Waals surface area contributed by atoms with Crippen molar-refractivity contribution in [1.29, 1.82) is 0 Å². The molecule has 118 valence electrons. The fourth-order valence-corrected chi connectivity index (χ4v) is 2.61. The van der Waals surface area contributed by atoms with Gasteiger partial charge in [0.05, 0.1) is 6.04 Å². The Morgan fingerprint density at radius 2 is 1.74 bits per heavy atom. The first-order valence-electron chi connectivity index (χ1n) is 7.23. The lowest BCUT2D eigenvalue weighted by atomic mass is 9.99. The fourth-order valence-electron chi connectivity index (χ4n) is 2.49. The Balaban J connectivity index is 1.78. The van der Waals surface area contributed by atoms with Gasteiger partial charge in [-0.2, -0.15) is 0 Å². The number of carbonyl (C=O) groups is 2. The standard InChI is InChI=1S/C17H16ClN3O2/c1-10-2-4-11(5-3-10)14-15(17(23)21-20-14)19-16(22)12-6-8-13(18)9-7-12/h2-9,14-15,20H,1H3,(H,19,22)(H,21,23)/t14-,15-/m0/s1. The number of halogens is 1. The first-order valence-corrected chi connectivity index (χ1v) is 7.61. The summed E-state index contributed by atoms with van der Waals surface area (Å²) in [4.78, 5) is 24.4. The van der Waals surface area contributed by atoms with E-state index in [1.165, 1.54) is 0 Å². The molecule has 0 spiro atoms. The molecule has 2 atom stereocenters. The van der Waals surface area contributed by atoms with Gasteiger partial charge in [0, 0.05) is 10.6 Å². The van der Waals surface area contributed by atoms with Crippen LogP contribution in [0.1, 0.15) is 27.5 Å². The van der Waals surface area contributed by atoms with Crippen LogP contribution in [0.15, 0.2) is 48.5 Å². The molecule has 0 aromatic heterocycles. The summed E-state index contributed by atoms with van der Waals surface area (Å²) in [6.45, 7) is 2.00. The zero-order chi connectivity index (χ0) is 16.4. The maximum Gasteiger partial charge on any atom is 0.258 e. The van der Waals surface area contributed by atoms with Crippen molar-refractivity contribution in [2.24, 2.45) is 0 Å². The summed E-state index contributed by atoms with van der Waals surface area (Å²) in [5.41, 5.74) is 8.01. The van der Waals surface area contributed by atoms with E-state index in [-0.39, 0.29) is 17.9 Å². The highest BCUT2D eigenvalue weighted by atomic mass is 35.5. The number of aryl methyl sites for hydroxylation is 1. The highest BCUT2D eigenvalue weighted by Gasteiger charge is 2.36. The van der Waals surface area contributed by atoms with Gasteiger partial charge >= 0.3 is 0 Å². The second-order valence-corrected chi connectivity index (χ2v) is 5.92. The van der Waals surface area contributed by atoms with Gasteiger partial charge in [-0.05, 0) is 36.8 Å². The van der Waals surface area contributed by atoms with Gasteiger partial charge in [-0.1, -0.05) is 41.4 Å². The Labute approximate surface area is 139 Å². The second kappa shape index (κ2) is 6.40. The van der Waals surface area contributed by atoms with E-state index in [4.69, 9.17) is 11.6 Å². The number of hydrazine groups is 1. The average Bonchev–Trinajstić information content (AvgIpc) is 2.90. The van der Waals surface area contributed by atoms with Crippen LogP contribution < -0.4 is 16.2 Å². The van der Waals surface area contributed by atoms with Crippen LogP contribution in [0, 0.1) is 6.92 Å². The van der Waals surface area contributed by atoms with Crippen molar-refractivity contribution in [3.8, 4) is 0 Å². The normalized spacial score (nSPS) is 20.2. The van der Waals surface area contributed by atoms with E-state index < -0.39 is 6.04 Å². The van der Waals surface area contributed by atoms with Crippen molar-refractivity contribution in [1.82, 2.24) is 16.2 Å². The molecule has 3 rings (SSSR count). The predicted molar refractivity (Wildman–Crippen MR) is 87.9 cm³/mol. The summed E-state index contributed by atoms with van der Waals surface area (Å²) in [6, 6.07) is 13.3. The first-order chi connectivity index (χ1) is 11.0. The maximum absolute atomic E-state index is 12.3. The number of hydrogen-bond donors (Lipinski definition) is 3. The van der Waals surface area contributed by atoms with E-state index >= 15 is 0 Å². The van der Waals surface area contributed by atoms with Gasteiger partial charge in [0.15, 0.2) is 0 Å². The Bertz CT molecular complexity index is 729. The van der Waals surface area contributed by atoms with Crippen LogP contribution >= 0.6 is 11.6 Å². The molecule has 6 heteroatoms. The molecule has 2 aromatic rings. The molecule has 2 amide bonds. The SMILES string of the molecule is Cc1ccc([C@@H]2NNC(=O)[C@H]2NC(=O)c2ccc(Cl)cc2)cc1. The predicted octanol–water partition coefficient (Wildman–Crippen LogP) is 2.12. The van der Waals surface area contributed by atoms with Crippen LogP contribution in [0.4, 0.5) is 0 Å². The van der Waals surface area contributed by atoms with Crippen molar-refractivity contribution in [3.05, 3.63) is 70.2 Å². The Morgan fingerprint density at radius 3 is 2.39 bits per heavy atom. The van der Waals surface area contributed by atoms with Crippen LogP contribution in [-0.2, 0) is 4.79 Å². The summed E-state index contributed by atoms with van der Waals surface area (Å²) in [6.07, 6.45) is 0. The molecule has 0 unspecified atom stereocenters. The van der Waals surface area contributed by atoms with Crippen LogP contribution in [0.5, 0.6) is 0 Å². The monoisotopic (exact) mass is 329 g/mol. The number of hydrogen-bond acceptors (Lipinski definition) is 3. The zero-order valence-corrected chi connectivity index (χ0v) is 13.2. The van der Waals surface area contributed by atoms with E-state index in [2.05, 4.69) is 16.2 Å². The molecule has 1 aliphatic heterocycles. The van der Waals surface area contributed by atoms with Crippen LogP contribution in [-0.4, -0.2) is 17.9 Å². The van der Waals surface area contributed by atoms with Gasteiger partial charge in [0.25, 0.3) is 11.8 Å². The van der Waals surface area contributed by atoms with Gasteiger partial charge in [0.2, 0.25) is 0 Å². The Kier molecular flexibility index (Phi) is 4.32. The summed E-state index contributed by atoms with van der Waals surface area (Å²) < 4.78 is 0. The minimum atomic E-state index is -0.680. The molecule has 0 saturated carbocycles. The summed E-state index contributed by atoms with van der Waals surface area (Å²) >= 11 is 5.82. The molecule has 1 aliphatic rings. The van der Waals surface area contributed by atoms with Crippen LogP contribution in [0.3, 0.4) is 0 Å². The van der Waals surface area contributed by atoms with E-state index in [9.17, 15) is 9.59 Å². The van der Waals surface area contributed by atoms with Crippen molar-refractivity contribution in [2.45, 2.75) is 19.0 Å². The minimum Gasteiger partial charge on any atom is -0.338 e. The van der Waals surface area contributed by atoms with E-state index in [1.54, 1.807) is 24.3 Å². The number of benzene rings is 2. The molecule has 2 aromatic carbocycles. The highest BCUT2D eigenvalue weighted by molar-refractivity contribution is 6.30. The number of nitrogens with one attached hydrogen (secondary N) is 3. The summed E-state index contributed by atoms with van der Waals surface area (Å²) in [7, 11) is 0. The van der Waals surface area contributed by atoms with Crippen LogP contribution in [0.25, 0.3) is 0 Å². The Hall–Kier alpha value is -2.37. The molecule has 1 heterocycles. The number of carbonyl (C=O) groups excluding carboxylic acids is 2. The third-order valence-electron chi connectivity index (χ3n) is 3.80. The molecule has 1 saturated heterocycles. The van der Waals surface area contributed by atoms with E-state index in [1.807, 2.05) is 31.2 Å². The lowest BCUT2D eigenvalue weighted by molar-refractivity contribution is -0.121. The molecule has 0 bridgehead atoms. The van der Waals surface area contributed by atoms with Crippen molar-refractivity contribution in [2.75, 3.05) is 0 Å². The smallest absolute Gasteiger partial charge is 0.258 e. The second-order valence-electron chi connectivity index (χ2n) is 5.48. The zero-order valence-electron chi connectivity index (χ0n) is 12.5. The third-order valence-corrected chi connectivity index (χ3v) is 4.05. The topological polar surface area (TPSA) is 70.2 Å². The van der Waals surface area contributed by atoms with Gasteiger partial charge in [-0.15, -0.1) is 0 Å². The van der Waals surface area contributed by atoms with Gasteiger partial charge in [-0.25, -0.2) is 5.43 Å². The summed E-state index contributed by atoms with van der Waals surface area (Å²) in [5.74, 6) is -0.583. The molecule has 1 fully saturated rings. The largest absolute Gasteiger partial charge is 0.338 e. The minimum absolute atomic E-state index is 0.266. The van der Waals surface area contributed by atoms with Gasteiger partial charge in [-0.3, -0.25) is 15.0 Å². The molecule has 3 N–H and O–H groups in total. The lowest BCUT2D eigenvalue weighted by Crippen LogP contribution is -2.42. The molecular formula is C17H16ClN3O2. The molecular weight excluding hydrogens is 314 g/mol. The molecule has 0 aliphatic carbocycles. The molecule has 0 radical (unpaired) electrons. The van der Waals surface area contributed by atoms with Crippen molar-refractivity contribution in [3.63, 3.8) is 0 Å². The van der Waals surface area contributed by atoms with Crippen molar-refractivity contribution < 1.29 is 9.59 Å². The highest BCUT2D eigenvalue weighted by Crippen LogP contribution is 2.21.